The van der Waals surface area contributed by atoms with E-state index >= 15 is 0 Å². The molecule has 1 rings (SSSR count). The zero-order valence-corrected chi connectivity index (χ0v) is 10.6. The topological polar surface area (TPSA) is 70.1 Å². The number of thioether (sulfide) groups is 1. The number of nitrogens with zero attached hydrogens (tertiary/aromatic N) is 2. The van der Waals surface area contributed by atoms with Crippen molar-refractivity contribution >= 4 is 23.5 Å². The van der Waals surface area contributed by atoms with Gasteiger partial charge in [0, 0.05) is 26.0 Å². The molecular weight excluding hydrogens is 243 g/mol. The van der Waals surface area contributed by atoms with E-state index in [1.165, 1.54) is 0 Å². The van der Waals surface area contributed by atoms with E-state index in [0.717, 1.165) is 24.1 Å². The van der Waals surface area contributed by atoms with Gasteiger partial charge < -0.3 is 15.7 Å². The molecule has 0 unspecified atom stereocenters. The number of aromatic nitrogens is 2. The second-order valence-electron chi connectivity index (χ2n) is 3.26. The van der Waals surface area contributed by atoms with Crippen LogP contribution in [0.3, 0.4) is 0 Å². The third kappa shape index (κ3) is 5.18. The Kier molecular flexibility index (Phi) is 6.64. The lowest BCUT2D eigenvalue weighted by molar-refractivity contribution is 0.296. The highest BCUT2D eigenvalue weighted by Crippen LogP contribution is 2.11. The van der Waals surface area contributed by atoms with Crippen molar-refractivity contribution in [1.82, 2.24) is 9.97 Å². The molecule has 0 aromatic carbocycles. The van der Waals surface area contributed by atoms with Crippen LogP contribution < -0.4 is 10.6 Å². The lowest BCUT2D eigenvalue weighted by Gasteiger charge is -2.07. The lowest BCUT2D eigenvalue weighted by atomic mass is 10.5. The van der Waals surface area contributed by atoms with Crippen LogP contribution in [0.4, 0.5) is 16.2 Å². The summed E-state index contributed by atoms with van der Waals surface area (Å²) in [6, 6.07) is 0. The summed E-state index contributed by atoms with van der Waals surface area (Å²) >= 11 is 1.71. The van der Waals surface area contributed by atoms with Gasteiger partial charge in [-0.15, -0.1) is 0 Å². The minimum Gasteiger partial charge on any atom is -0.396 e. The average molecular weight is 260 g/mol. The molecule has 1 aromatic rings. The van der Waals surface area contributed by atoms with E-state index in [0.29, 0.717) is 12.5 Å². The Morgan fingerprint density at radius 3 is 3.00 bits per heavy atom. The number of anilines is 2. The van der Waals surface area contributed by atoms with Crippen molar-refractivity contribution in [3.05, 3.63) is 12.0 Å². The van der Waals surface area contributed by atoms with Gasteiger partial charge in [0.1, 0.15) is 0 Å². The summed E-state index contributed by atoms with van der Waals surface area (Å²) in [4.78, 5) is 7.72. The van der Waals surface area contributed by atoms with Crippen molar-refractivity contribution in [2.45, 2.75) is 6.42 Å². The molecule has 0 atom stereocenters. The van der Waals surface area contributed by atoms with E-state index in [1.54, 1.807) is 18.8 Å². The molecule has 0 amide bonds. The van der Waals surface area contributed by atoms with Gasteiger partial charge in [0.15, 0.2) is 11.6 Å². The molecule has 0 radical (unpaired) electrons. The fourth-order valence-electron chi connectivity index (χ4n) is 1.12. The molecule has 5 nitrogen and oxygen atoms in total. The number of aliphatic hydroxyl groups excluding tert-OH is 1. The Hall–Kier alpha value is -1.08. The first-order valence-electron chi connectivity index (χ1n) is 5.40. The maximum absolute atomic E-state index is 13.3. The summed E-state index contributed by atoms with van der Waals surface area (Å²) in [7, 11) is 1.68. The maximum Gasteiger partial charge on any atom is 0.224 e. The van der Waals surface area contributed by atoms with Crippen molar-refractivity contribution in [1.29, 1.82) is 0 Å². The number of nitrogens with one attached hydrogen (secondary N) is 2. The SMILES string of the molecule is CNc1ncc(F)c(NCCSCCCO)n1. The largest absolute Gasteiger partial charge is 0.396 e. The fraction of sp³-hybridized carbons (Fsp3) is 0.600. The molecule has 7 heteroatoms. The summed E-state index contributed by atoms with van der Waals surface area (Å²) in [6.07, 6.45) is 1.93. The molecule has 0 bridgehead atoms. The van der Waals surface area contributed by atoms with Gasteiger partial charge >= 0.3 is 0 Å². The van der Waals surface area contributed by atoms with E-state index in [-0.39, 0.29) is 12.4 Å². The van der Waals surface area contributed by atoms with Crippen LogP contribution in [0.2, 0.25) is 0 Å². The zero-order chi connectivity index (χ0) is 12.5. The average Bonchev–Trinajstić information content (AvgIpc) is 2.35. The molecule has 0 aliphatic carbocycles. The van der Waals surface area contributed by atoms with E-state index in [4.69, 9.17) is 5.11 Å². The summed E-state index contributed by atoms with van der Waals surface area (Å²) < 4.78 is 13.3. The van der Waals surface area contributed by atoms with Crippen molar-refractivity contribution in [3.63, 3.8) is 0 Å². The van der Waals surface area contributed by atoms with Gasteiger partial charge in [-0.25, -0.2) is 9.37 Å². The minimum atomic E-state index is -0.454. The van der Waals surface area contributed by atoms with Crippen molar-refractivity contribution < 1.29 is 9.50 Å². The first kappa shape index (κ1) is 14.0. The number of halogens is 1. The highest BCUT2D eigenvalue weighted by Gasteiger charge is 2.04. The standard InChI is InChI=1S/C10H17FN4OS/c1-12-10-14-7-8(11)9(15-10)13-3-6-17-5-2-4-16/h7,16H,2-6H2,1H3,(H2,12,13,14,15). The van der Waals surface area contributed by atoms with Crippen LogP contribution in [0, 0.1) is 5.82 Å². The molecule has 3 N–H and O–H groups in total. The molecule has 96 valence electrons. The highest BCUT2D eigenvalue weighted by atomic mass is 32.2. The third-order valence-corrected chi connectivity index (χ3v) is 3.02. The summed E-state index contributed by atoms with van der Waals surface area (Å²) in [5.41, 5.74) is 0. The van der Waals surface area contributed by atoms with E-state index < -0.39 is 5.82 Å². The van der Waals surface area contributed by atoms with E-state index in [2.05, 4.69) is 20.6 Å². The Morgan fingerprint density at radius 1 is 1.47 bits per heavy atom. The van der Waals surface area contributed by atoms with E-state index in [9.17, 15) is 4.39 Å². The molecule has 1 heterocycles. The molecule has 0 saturated carbocycles. The smallest absolute Gasteiger partial charge is 0.224 e. The van der Waals surface area contributed by atoms with Crippen LogP contribution in [0.1, 0.15) is 6.42 Å². The second-order valence-corrected chi connectivity index (χ2v) is 4.48. The predicted octanol–water partition coefficient (Wildman–Crippen LogP) is 1.18. The van der Waals surface area contributed by atoms with Gasteiger partial charge in [0.05, 0.1) is 6.20 Å². The molecule has 0 fully saturated rings. The molecular formula is C10H17FN4OS. The summed E-state index contributed by atoms with van der Waals surface area (Å²) in [5.74, 6) is 1.91. The zero-order valence-electron chi connectivity index (χ0n) is 9.74. The summed E-state index contributed by atoms with van der Waals surface area (Å²) in [5, 5.41) is 14.3. The van der Waals surface area contributed by atoms with Crippen LogP contribution in [-0.4, -0.2) is 46.8 Å². The van der Waals surface area contributed by atoms with Gasteiger partial charge in [0.25, 0.3) is 0 Å². The maximum atomic E-state index is 13.3. The quantitative estimate of drug-likeness (QED) is 0.610. The Balaban J connectivity index is 2.30. The molecule has 17 heavy (non-hydrogen) atoms. The van der Waals surface area contributed by atoms with Gasteiger partial charge in [0.2, 0.25) is 5.95 Å². The highest BCUT2D eigenvalue weighted by molar-refractivity contribution is 7.99. The Labute approximate surface area is 104 Å². The molecule has 0 aliphatic rings. The fourth-order valence-corrected chi connectivity index (χ4v) is 1.91. The van der Waals surface area contributed by atoms with Gasteiger partial charge in [-0.2, -0.15) is 16.7 Å². The molecule has 0 saturated heterocycles. The molecule has 0 spiro atoms. The van der Waals surface area contributed by atoms with Crippen LogP contribution in [0.25, 0.3) is 0 Å². The number of rotatable bonds is 8. The number of aliphatic hydroxyl groups is 1. The third-order valence-electron chi connectivity index (χ3n) is 1.95. The summed E-state index contributed by atoms with van der Waals surface area (Å²) in [6.45, 7) is 0.847. The number of hydrogen-bond donors (Lipinski definition) is 3. The van der Waals surface area contributed by atoms with Gasteiger partial charge in [-0.1, -0.05) is 0 Å². The lowest BCUT2D eigenvalue weighted by Crippen LogP contribution is -2.10. The van der Waals surface area contributed by atoms with Gasteiger partial charge in [-0.3, -0.25) is 0 Å². The molecule has 1 aromatic heterocycles. The van der Waals surface area contributed by atoms with Crippen LogP contribution in [0.5, 0.6) is 0 Å². The minimum absolute atomic E-state index is 0.215. The first-order chi connectivity index (χ1) is 8.27. The van der Waals surface area contributed by atoms with Gasteiger partial charge in [-0.05, 0) is 12.2 Å². The van der Waals surface area contributed by atoms with Crippen molar-refractivity contribution in [3.8, 4) is 0 Å². The first-order valence-corrected chi connectivity index (χ1v) is 6.56. The van der Waals surface area contributed by atoms with E-state index in [1.807, 2.05) is 0 Å². The normalized spacial score (nSPS) is 10.3. The van der Waals surface area contributed by atoms with Crippen LogP contribution >= 0.6 is 11.8 Å². The molecule has 0 aliphatic heterocycles. The van der Waals surface area contributed by atoms with Crippen LogP contribution in [0.15, 0.2) is 6.20 Å². The second kappa shape index (κ2) is 8.08. The van der Waals surface area contributed by atoms with Crippen LogP contribution in [-0.2, 0) is 0 Å². The predicted molar refractivity (Wildman–Crippen MR) is 69.1 cm³/mol. The Morgan fingerprint density at radius 2 is 2.29 bits per heavy atom. The van der Waals surface area contributed by atoms with Crippen molar-refractivity contribution in [2.24, 2.45) is 0 Å². The monoisotopic (exact) mass is 260 g/mol. The van der Waals surface area contributed by atoms with Crippen molar-refractivity contribution in [2.75, 3.05) is 42.3 Å². The number of hydrogen-bond acceptors (Lipinski definition) is 6. The Bertz CT molecular complexity index is 340.